The maximum absolute atomic E-state index is 12.2. The molecule has 0 aromatic heterocycles. The number of phenolic OH excluding ortho intramolecular Hbond substituents is 1. The average Bonchev–Trinajstić information content (AvgIpc) is 2.37. The summed E-state index contributed by atoms with van der Waals surface area (Å²) in [6.07, 6.45) is 2.91. The Morgan fingerprint density at radius 1 is 1.36 bits per heavy atom. The van der Waals surface area contributed by atoms with E-state index in [0.29, 0.717) is 0 Å². The van der Waals surface area contributed by atoms with Crippen molar-refractivity contribution in [2.45, 2.75) is 30.2 Å². The molecule has 0 spiro atoms. The highest BCUT2D eigenvalue weighted by molar-refractivity contribution is 7.89. The lowest BCUT2D eigenvalue weighted by molar-refractivity contribution is 0.240. The molecule has 1 aliphatic rings. The number of benzene rings is 1. The Bertz CT molecular complexity index is 687. The van der Waals surface area contributed by atoms with Gasteiger partial charge in [-0.2, -0.15) is 0 Å². The van der Waals surface area contributed by atoms with Crippen LogP contribution in [0.3, 0.4) is 0 Å². The van der Waals surface area contributed by atoms with Crippen LogP contribution in [-0.2, 0) is 10.0 Å². The molecule has 0 bridgehead atoms. The standard InChI is InChI=1S/C13H18ClN3O4S/c1-17(2)22(20,21)12-9(14)6-7-10(11(12)18)16-13(19)15-8-4-3-5-8/h6-8,18H,3-5H2,1-2H3,(H2,15,16,19). The Hall–Kier alpha value is -1.51. The molecule has 1 aliphatic carbocycles. The Labute approximate surface area is 134 Å². The summed E-state index contributed by atoms with van der Waals surface area (Å²) in [5.74, 6) is -0.579. The number of nitrogens with one attached hydrogen (secondary N) is 2. The molecule has 1 saturated carbocycles. The predicted octanol–water partition coefficient (Wildman–Crippen LogP) is 1.97. The SMILES string of the molecule is CN(C)S(=O)(=O)c1c(Cl)ccc(NC(=O)NC2CCC2)c1O. The minimum Gasteiger partial charge on any atom is -0.504 e. The van der Waals surface area contributed by atoms with Crippen LogP contribution in [0.5, 0.6) is 5.75 Å². The van der Waals surface area contributed by atoms with Crippen LogP contribution < -0.4 is 10.6 Å². The summed E-state index contributed by atoms with van der Waals surface area (Å²) in [6, 6.07) is 2.30. The van der Waals surface area contributed by atoms with Crippen molar-refractivity contribution in [1.29, 1.82) is 0 Å². The summed E-state index contributed by atoms with van der Waals surface area (Å²) in [5, 5.41) is 15.2. The first-order valence-corrected chi connectivity index (χ1v) is 8.57. The summed E-state index contributed by atoms with van der Waals surface area (Å²) in [5.41, 5.74) is -0.0124. The van der Waals surface area contributed by atoms with Crippen molar-refractivity contribution in [3.05, 3.63) is 17.2 Å². The lowest BCUT2D eigenvalue weighted by Gasteiger charge is -2.26. The molecule has 22 heavy (non-hydrogen) atoms. The van der Waals surface area contributed by atoms with Crippen LogP contribution in [0.2, 0.25) is 5.02 Å². The fourth-order valence-corrected chi connectivity index (χ4v) is 3.45. The van der Waals surface area contributed by atoms with Gasteiger partial charge in [0.2, 0.25) is 10.0 Å². The monoisotopic (exact) mass is 347 g/mol. The van der Waals surface area contributed by atoms with Gasteiger partial charge in [0.15, 0.2) is 5.75 Å². The molecule has 0 heterocycles. The van der Waals surface area contributed by atoms with E-state index in [4.69, 9.17) is 11.6 Å². The van der Waals surface area contributed by atoms with Crippen LogP contribution in [-0.4, -0.2) is 44.0 Å². The molecule has 0 radical (unpaired) electrons. The van der Waals surface area contributed by atoms with Gasteiger partial charge in [-0.25, -0.2) is 17.5 Å². The van der Waals surface area contributed by atoms with Crippen molar-refractivity contribution in [3.8, 4) is 5.75 Å². The van der Waals surface area contributed by atoms with Crippen molar-refractivity contribution in [2.24, 2.45) is 0 Å². The number of rotatable bonds is 4. The average molecular weight is 348 g/mol. The molecule has 7 nitrogen and oxygen atoms in total. The Balaban J connectivity index is 2.28. The summed E-state index contributed by atoms with van der Waals surface area (Å²) < 4.78 is 25.3. The summed E-state index contributed by atoms with van der Waals surface area (Å²) in [7, 11) is -1.28. The van der Waals surface area contributed by atoms with Gasteiger partial charge in [0.1, 0.15) is 4.90 Å². The lowest BCUT2D eigenvalue weighted by atomic mass is 9.93. The number of nitrogens with zero attached hydrogens (tertiary/aromatic N) is 1. The second-order valence-electron chi connectivity index (χ2n) is 5.29. The van der Waals surface area contributed by atoms with E-state index in [-0.39, 0.29) is 16.8 Å². The first kappa shape index (κ1) is 16.9. The third-order valence-corrected chi connectivity index (χ3v) is 5.83. The molecule has 0 aliphatic heterocycles. The normalized spacial score (nSPS) is 15.5. The highest BCUT2D eigenvalue weighted by Gasteiger charge is 2.27. The van der Waals surface area contributed by atoms with Gasteiger partial charge in [-0.1, -0.05) is 11.6 Å². The Kier molecular flexibility index (Phi) is 4.84. The van der Waals surface area contributed by atoms with E-state index in [0.717, 1.165) is 23.6 Å². The van der Waals surface area contributed by atoms with E-state index in [1.807, 2.05) is 0 Å². The fraction of sp³-hybridized carbons (Fsp3) is 0.462. The zero-order valence-electron chi connectivity index (χ0n) is 12.3. The molecule has 122 valence electrons. The van der Waals surface area contributed by atoms with Gasteiger partial charge in [0.05, 0.1) is 10.7 Å². The van der Waals surface area contributed by atoms with Crippen LogP contribution in [0, 0.1) is 0 Å². The first-order chi connectivity index (χ1) is 10.2. The molecule has 0 saturated heterocycles. The maximum atomic E-state index is 12.2. The van der Waals surface area contributed by atoms with Crippen LogP contribution in [0.25, 0.3) is 0 Å². The van der Waals surface area contributed by atoms with Crippen LogP contribution in [0.1, 0.15) is 19.3 Å². The number of anilines is 1. The van der Waals surface area contributed by atoms with E-state index < -0.39 is 26.7 Å². The smallest absolute Gasteiger partial charge is 0.319 e. The third-order valence-electron chi connectivity index (χ3n) is 3.51. The van der Waals surface area contributed by atoms with Crippen molar-refractivity contribution >= 4 is 33.3 Å². The molecule has 2 amide bonds. The Morgan fingerprint density at radius 2 is 2.00 bits per heavy atom. The molecule has 1 fully saturated rings. The van der Waals surface area contributed by atoms with Crippen LogP contribution in [0.15, 0.2) is 17.0 Å². The molecule has 2 rings (SSSR count). The minimum atomic E-state index is -3.93. The minimum absolute atomic E-state index is 0.0124. The zero-order valence-corrected chi connectivity index (χ0v) is 13.8. The topological polar surface area (TPSA) is 98.7 Å². The summed E-state index contributed by atoms with van der Waals surface area (Å²) >= 11 is 5.89. The zero-order chi connectivity index (χ0) is 16.5. The van der Waals surface area contributed by atoms with E-state index in [9.17, 15) is 18.3 Å². The van der Waals surface area contributed by atoms with Crippen LogP contribution >= 0.6 is 11.6 Å². The van der Waals surface area contributed by atoms with Gasteiger partial charge in [-0.05, 0) is 31.4 Å². The first-order valence-electron chi connectivity index (χ1n) is 6.75. The molecule has 0 unspecified atom stereocenters. The molecule has 1 aromatic carbocycles. The van der Waals surface area contributed by atoms with Gasteiger partial charge in [-0.3, -0.25) is 0 Å². The van der Waals surface area contributed by atoms with E-state index >= 15 is 0 Å². The number of carbonyl (C=O) groups is 1. The number of halogens is 1. The number of aromatic hydroxyl groups is 1. The van der Waals surface area contributed by atoms with Crippen molar-refractivity contribution in [1.82, 2.24) is 9.62 Å². The largest absolute Gasteiger partial charge is 0.504 e. The Morgan fingerprint density at radius 3 is 2.50 bits per heavy atom. The molecule has 0 atom stereocenters. The number of urea groups is 1. The van der Waals surface area contributed by atoms with E-state index in [2.05, 4.69) is 10.6 Å². The van der Waals surface area contributed by atoms with Crippen molar-refractivity contribution < 1.29 is 18.3 Å². The van der Waals surface area contributed by atoms with Crippen molar-refractivity contribution in [2.75, 3.05) is 19.4 Å². The van der Waals surface area contributed by atoms with Gasteiger partial charge in [-0.15, -0.1) is 0 Å². The third kappa shape index (κ3) is 3.29. The lowest BCUT2D eigenvalue weighted by Crippen LogP contribution is -2.41. The van der Waals surface area contributed by atoms with Gasteiger partial charge in [0, 0.05) is 20.1 Å². The van der Waals surface area contributed by atoms with Crippen LogP contribution in [0.4, 0.5) is 10.5 Å². The highest BCUT2D eigenvalue weighted by Crippen LogP contribution is 2.37. The van der Waals surface area contributed by atoms with Gasteiger partial charge in [0.25, 0.3) is 0 Å². The maximum Gasteiger partial charge on any atom is 0.319 e. The van der Waals surface area contributed by atoms with Gasteiger partial charge >= 0.3 is 6.03 Å². The summed E-state index contributed by atoms with van der Waals surface area (Å²) in [6.45, 7) is 0. The number of amides is 2. The number of phenols is 1. The molecular formula is C13H18ClN3O4S. The number of sulfonamides is 1. The highest BCUT2D eigenvalue weighted by atomic mass is 35.5. The molecule has 3 N–H and O–H groups in total. The second kappa shape index (κ2) is 6.31. The number of hydrogen-bond donors (Lipinski definition) is 3. The quantitative estimate of drug-likeness (QED) is 0.725. The molecular weight excluding hydrogens is 330 g/mol. The molecule has 1 aromatic rings. The second-order valence-corrected chi connectivity index (χ2v) is 7.78. The predicted molar refractivity (Wildman–Crippen MR) is 83.8 cm³/mol. The van der Waals surface area contributed by atoms with E-state index in [1.165, 1.54) is 26.2 Å². The van der Waals surface area contributed by atoms with E-state index in [1.54, 1.807) is 0 Å². The fourth-order valence-electron chi connectivity index (χ4n) is 1.97. The van der Waals surface area contributed by atoms with Gasteiger partial charge < -0.3 is 15.7 Å². The molecule has 9 heteroatoms. The summed E-state index contributed by atoms with van der Waals surface area (Å²) in [4.78, 5) is 11.4. The van der Waals surface area contributed by atoms with Crippen molar-refractivity contribution in [3.63, 3.8) is 0 Å². The number of carbonyl (C=O) groups excluding carboxylic acids is 1. The number of hydrogen-bond acceptors (Lipinski definition) is 4.